The van der Waals surface area contributed by atoms with Crippen LogP contribution < -0.4 is 5.73 Å². The zero-order valence-corrected chi connectivity index (χ0v) is 7.74. The van der Waals surface area contributed by atoms with Crippen molar-refractivity contribution in [2.45, 2.75) is 18.7 Å². The summed E-state index contributed by atoms with van der Waals surface area (Å²) in [5.41, 5.74) is 7.78. The van der Waals surface area contributed by atoms with E-state index in [2.05, 4.69) is 19.9 Å². The van der Waals surface area contributed by atoms with Gasteiger partial charge in [0, 0.05) is 10.6 Å². The second kappa shape index (κ2) is 3.67. The van der Waals surface area contributed by atoms with E-state index in [9.17, 15) is 0 Å². The van der Waals surface area contributed by atoms with Crippen LogP contribution in [0.1, 0.15) is 12.5 Å². The van der Waals surface area contributed by atoms with Crippen molar-refractivity contribution in [3.63, 3.8) is 0 Å². The first-order valence-corrected chi connectivity index (χ1v) is 4.71. The lowest BCUT2D eigenvalue weighted by molar-refractivity contribution is 1.35. The zero-order valence-electron chi connectivity index (χ0n) is 6.92. The Morgan fingerprint density at radius 2 is 2.09 bits per heavy atom. The highest BCUT2D eigenvalue weighted by molar-refractivity contribution is 7.99. The highest BCUT2D eigenvalue weighted by Crippen LogP contribution is 2.21. The van der Waals surface area contributed by atoms with Crippen molar-refractivity contribution in [1.82, 2.24) is 0 Å². The Kier molecular flexibility index (Phi) is 2.83. The topological polar surface area (TPSA) is 26.0 Å². The predicted octanol–water partition coefficient (Wildman–Crippen LogP) is 2.69. The molecule has 0 bridgehead atoms. The van der Waals surface area contributed by atoms with Crippen molar-refractivity contribution >= 4 is 17.4 Å². The number of hydrogen-bond donors (Lipinski definition) is 1. The molecule has 0 spiro atoms. The fraction of sp³-hybridized carbons (Fsp3) is 0.333. The van der Waals surface area contributed by atoms with E-state index in [1.165, 1.54) is 10.5 Å². The highest BCUT2D eigenvalue weighted by atomic mass is 32.2. The highest BCUT2D eigenvalue weighted by Gasteiger charge is 1.94. The zero-order chi connectivity index (χ0) is 8.27. The van der Waals surface area contributed by atoms with Gasteiger partial charge in [-0.15, -0.1) is 11.8 Å². The third-order valence-electron chi connectivity index (χ3n) is 1.38. The summed E-state index contributed by atoms with van der Waals surface area (Å²) in [4.78, 5) is 1.27. The fourth-order valence-corrected chi connectivity index (χ4v) is 1.85. The second-order valence-corrected chi connectivity index (χ2v) is 3.85. The molecule has 2 heteroatoms. The van der Waals surface area contributed by atoms with Crippen LogP contribution in [0.3, 0.4) is 0 Å². The van der Waals surface area contributed by atoms with E-state index in [0.29, 0.717) is 0 Å². The first-order chi connectivity index (χ1) is 5.22. The molecule has 60 valence electrons. The van der Waals surface area contributed by atoms with Gasteiger partial charge in [-0.1, -0.05) is 6.92 Å². The van der Waals surface area contributed by atoms with E-state index in [1.807, 2.05) is 23.9 Å². The smallest absolute Gasteiger partial charge is 0.0327 e. The van der Waals surface area contributed by atoms with Crippen molar-refractivity contribution in [3.8, 4) is 0 Å². The molecular weight excluding hydrogens is 154 g/mol. The molecule has 0 radical (unpaired) electrons. The maximum atomic E-state index is 5.68. The minimum atomic E-state index is 0.862. The molecular formula is C9H13NS. The van der Waals surface area contributed by atoms with Crippen molar-refractivity contribution in [2.24, 2.45) is 0 Å². The van der Waals surface area contributed by atoms with Gasteiger partial charge in [0.05, 0.1) is 0 Å². The lowest BCUT2D eigenvalue weighted by Crippen LogP contribution is -1.86. The largest absolute Gasteiger partial charge is 0.399 e. The number of rotatable bonds is 2. The number of thioether (sulfide) groups is 1. The summed E-state index contributed by atoms with van der Waals surface area (Å²) in [5, 5.41) is 0. The van der Waals surface area contributed by atoms with Crippen LogP contribution in [0.25, 0.3) is 0 Å². The maximum Gasteiger partial charge on any atom is 0.0327 e. The summed E-state index contributed by atoms with van der Waals surface area (Å²) in [7, 11) is 0. The van der Waals surface area contributed by atoms with Crippen LogP contribution in [0.4, 0.5) is 5.69 Å². The van der Waals surface area contributed by atoms with Crippen LogP contribution in [0.15, 0.2) is 23.1 Å². The van der Waals surface area contributed by atoms with E-state index in [4.69, 9.17) is 5.73 Å². The van der Waals surface area contributed by atoms with Crippen LogP contribution in [-0.2, 0) is 0 Å². The summed E-state index contributed by atoms with van der Waals surface area (Å²) < 4.78 is 0. The Hall–Kier alpha value is -0.630. The molecule has 2 N–H and O–H groups in total. The van der Waals surface area contributed by atoms with Crippen LogP contribution in [-0.4, -0.2) is 5.75 Å². The molecule has 1 nitrogen and oxygen atoms in total. The van der Waals surface area contributed by atoms with Gasteiger partial charge in [0.25, 0.3) is 0 Å². The predicted molar refractivity (Wildman–Crippen MR) is 52.0 cm³/mol. The van der Waals surface area contributed by atoms with E-state index in [1.54, 1.807) is 0 Å². The average molecular weight is 167 g/mol. The average Bonchev–Trinajstić information content (AvgIpc) is 1.85. The molecule has 11 heavy (non-hydrogen) atoms. The third kappa shape index (κ3) is 2.46. The van der Waals surface area contributed by atoms with Crippen molar-refractivity contribution in [1.29, 1.82) is 0 Å². The molecule has 0 atom stereocenters. The van der Waals surface area contributed by atoms with Gasteiger partial charge in [-0.05, 0) is 36.4 Å². The van der Waals surface area contributed by atoms with Gasteiger partial charge in [-0.2, -0.15) is 0 Å². The van der Waals surface area contributed by atoms with E-state index in [-0.39, 0.29) is 0 Å². The Morgan fingerprint density at radius 3 is 2.64 bits per heavy atom. The molecule has 1 rings (SSSR count). The fourth-order valence-electron chi connectivity index (χ4n) is 1.03. The number of nitrogen functional groups attached to an aromatic ring is 1. The summed E-state index contributed by atoms with van der Waals surface area (Å²) in [6.07, 6.45) is 0. The third-order valence-corrected chi connectivity index (χ3v) is 2.24. The summed E-state index contributed by atoms with van der Waals surface area (Å²) >= 11 is 1.82. The molecule has 0 aliphatic carbocycles. The minimum Gasteiger partial charge on any atom is -0.399 e. The van der Waals surface area contributed by atoms with Gasteiger partial charge in [0.2, 0.25) is 0 Å². The standard InChI is InChI=1S/C9H13NS/c1-3-11-9-5-7(2)4-8(10)6-9/h4-6H,3,10H2,1-2H3. The van der Waals surface area contributed by atoms with Gasteiger partial charge in [-0.25, -0.2) is 0 Å². The molecule has 1 aromatic rings. The lowest BCUT2D eigenvalue weighted by atomic mass is 10.2. The molecule has 0 unspecified atom stereocenters. The molecule has 0 amide bonds. The molecule has 1 aromatic carbocycles. The Bertz CT molecular complexity index is 225. The van der Waals surface area contributed by atoms with Crippen LogP contribution in [0.5, 0.6) is 0 Å². The molecule has 0 fully saturated rings. The van der Waals surface area contributed by atoms with E-state index in [0.717, 1.165) is 11.4 Å². The van der Waals surface area contributed by atoms with Crippen molar-refractivity contribution < 1.29 is 0 Å². The monoisotopic (exact) mass is 167 g/mol. The number of benzene rings is 1. The number of anilines is 1. The summed E-state index contributed by atoms with van der Waals surface area (Å²) in [6, 6.07) is 6.16. The molecule has 0 aromatic heterocycles. The van der Waals surface area contributed by atoms with Crippen LogP contribution >= 0.6 is 11.8 Å². The van der Waals surface area contributed by atoms with E-state index < -0.39 is 0 Å². The van der Waals surface area contributed by atoms with E-state index >= 15 is 0 Å². The summed E-state index contributed by atoms with van der Waals surface area (Å²) in [6.45, 7) is 4.21. The Labute approximate surface area is 72.0 Å². The van der Waals surface area contributed by atoms with Gasteiger partial charge in [0.15, 0.2) is 0 Å². The Balaban J connectivity index is 2.89. The van der Waals surface area contributed by atoms with Gasteiger partial charge < -0.3 is 5.73 Å². The second-order valence-electron chi connectivity index (χ2n) is 2.51. The molecule has 0 aliphatic heterocycles. The molecule has 0 aliphatic rings. The van der Waals surface area contributed by atoms with Crippen LogP contribution in [0, 0.1) is 6.92 Å². The molecule has 0 saturated carbocycles. The lowest BCUT2D eigenvalue weighted by Gasteiger charge is -2.01. The molecule has 0 saturated heterocycles. The first-order valence-electron chi connectivity index (χ1n) is 3.72. The van der Waals surface area contributed by atoms with Gasteiger partial charge in [-0.3, -0.25) is 0 Å². The van der Waals surface area contributed by atoms with Crippen LogP contribution in [0.2, 0.25) is 0 Å². The number of hydrogen-bond acceptors (Lipinski definition) is 2. The van der Waals surface area contributed by atoms with Gasteiger partial charge >= 0.3 is 0 Å². The number of nitrogens with two attached hydrogens (primary N) is 1. The quantitative estimate of drug-likeness (QED) is 0.541. The maximum absolute atomic E-state index is 5.68. The van der Waals surface area contributed by atoms with Crippen molar-refractivity contribution in [3.05, 3.63) is 23.8 Å². The minimum absolute atomic E-state index is 0.862. The first kappa shape index (κ1) is 8.47. The van der Waals surface area contributed by atoms with Gasteiger partial charge in [0.1, 0.15) is 0 Å². The summed E-state index contributed by atoms with van der Waals surface area (Å²) in [5.74, 6) is 1.10. The normalized spacial score (nSPS) is 10.0. The Morgan fingerprint density at radius 1 is 1.36 bits per heavy atom. The SMILES string of the molecule is CCSc1cc(C)cc(N)c1. The molecule has 0 heterocycles. The van der Waals surface area contributed by atoms with Crippen molar-refractivity contribution in [2.75, 3.05) is 11.5 Å². The number of aryl methyl sites for hydroxylation is 1.